The molecule has 0 saturated heterocycles. The van der Waals surface area contributed by atoms with Crippen LogP contribution in [0.1, 0.15) is 6.42 Å². The third kappa shape index (κ3) is 6.56. The van der Waals surface area contributed by atoms with Crippen LogP contribution in [0.5, 0.6) is 0 Å². The number of hydrogen-bond acceptors (Lipinski definition) is 5. The van der Waals surface area contributed by atoms with Gasteiger partial charge >= 0.3 is 0 Å². The summed E-state index contributed by atoms with van der Waals surface area (Å²) in [5.74, 6) is 0.417. The van der Waals surface area contributed by atoms with Gasteiger partial charge in [0.25, 0.3) is 0 Å². The lowest BCUT2D eigenvalue weighted by molar-refractivity contribution is -0.117. The molecule has 0 bridgehead atoms. The van der Waals surface area contributed by atoms with E-state index in [4.69, 9.17) is 17.3 Å². The fourth-order valence-corrected chi connectivity index (χ4v) is 2.71. The first kappa shape index (κ1) is 18.1. The highest BCUT2D eigenvalue weighted by Crippen LogP contribution is 2.26. The van der Waals surface area contributed by atoms with Crippen LogP contribution in [0, 0.1) is 0 Å². The molecule has 0 radical (unpaired) electrons. The molecule has 0 heterocycles. The minimum Gasteiger partial charge on any atom is -0.323 e. The Balaban J connectivity index is 2.82. The first-order valence-corrected chi connectivity index (χ1v) is 9.72. The van der Waals surface area contributed by atoms with E-state index in [0.717, 1.165) is 12.0 Å². The molecule has 0 spiro atoms. The number of benzene rings is 1. The van der Waals surface area contributed by atoms with Gasteiger partial charge in [-0.2, -0.15) is 11.8 Å². The van der Waals surface area contributed by atoms with E-state index in [-0.39, 0.29) is 5.91 Å². The van der Waals surface area contributed by atoms with Crippen molar-refractivity contribution in [2.75, 3.05) is 28.3 Å². The Kier molecular flexibility index (Phi) is 6.79. The standard InChI is InChI=1S/C12H18ClN3O3S2/c1-20-6-5-10(14)12(17)15-11-7-8(3-4-9(11)13)16-21(2,18)19/h3-4,7,10,16H,5-6,14H2,1-2H3,(H,15,17)/t10-/m0/s1. The highest BCUT2D eigenvalue weighted by molar-refractivity contribution is 7.98. The first-order valence-electron chi connectivity index (χ1n) is 6.05. The summed E-state index contributed by atoms with van der Waals surface area (Å²) in [5, 5.41) is 2.91. The summed E-state index contributed by atoms with van der Waals surface area (Å²) in [5.41, 5.74) is 6.39. The van der Waals surface area contributed by atoms with Crippen LogP contribution in [0.25, 0.3) is 0 Å². The topological polar surface area (TPSA) is 101 Å². The molecule has 0 aromatic heterocycles. The van der Waals surface area contributed by atoms with E-state index in [1.165, 1.54) is 18.2 Å². The molecule has 0 aliphatic rings. The summed E-state index contributed by atoms with van der Waals surface area (Å²) in [6.45, 7) is 0. The Morgan fingerprint density at radius 3 is 2.71 bits per heavy atom. The van der Waals surface area contributed by atoms with E-state index in [9.17, 15) is 13.2 Å². The lowest BCUT2D eigenvalue weighted by Gasteiger charge is -2.14. The zero-order valence-corrected chi connectivity index (χ0v) is 14.1. The van der Waals surface area contributed by atoms with E-state index in [1.54, 1.807) is 11.8 Å². The van der Waals surface area contributed by atoms with E-state index in [0.29, 0.717) is 22.8 Å². The monoisotopic (exact) mass is 351 g/mol. The first-order chi connectivity index (χ1) is 9.73. The summed E-state index contributed by atoms with van der Waals surface area (Å²) >= 11 is 7.59. The summed E-state index contributed by atoms with van der Waals surface area (Å²) < 4.78 is 24.7. The second kappa shape index (κ2) is 7.88. The van der Waals surface area contributed by atoms with Crippen LogP contribution in [-0.2, 0) is 14.8 Å². The molecule has 1 aromatic carbocycles. The van der Waals surface area contributed by atoms with Gasteiger partial charge < -0.3 is 11.1 Å². The zero-order chi connectivity index (χ0) is 16.0. The van der Waals surface area contributed by atoms with Crippen molar-refractivity contribution in [2.45, 2.75) is 12.5 Å². The molecule has 0 aliphatic heterocycles. The van der Waals surface area contributed by atoms with E-state index in [2.05, 4.69) is 10.0 Å². The van der Waals surface area contributed by atoms with Crippen LogP contribution < -0.4 is 15.8 Å². The molecule has 1 rings (SSSR count). The maximum Gasteiger partial charge on any atom is 0.241 e. The molecule has 9 heteroatoms. The van der Waals surface area contributed by atoms with Crippen molar-refractivity contribution in [1.29, 1.82) is 0 Å². The third-order valence-electron chi connectivity index (χ3n) is 2.50. The molecular weight excluding hydrogens is 334 g/mol. The number of sulfonamides is 1. The molecule has 1 amide bonds. The minimum absolute atomic E-state index is 0.305. The van der Waals surface area contributed by atoms with Gasteiger partial charge in [-0.1, -0.05) is 11.6 Å². The van der Waals surface area contributed by atoms with Crippen LogP contribution in [0.4, 0.5) is 11.4 Å². The molecule has 6 nitrogen and oxygen atoms in total. The molecule has 118 valence electrons. The number of carbonyl (C=O) groups is 1. The number of anilines is 2. The number of thioether (sulfide) groups is 1. The fourth-order valence-electron chi connectivity index (χ4n) is 1.50. The van der Waals surface area contributed by atoms with Gasteiger partial charge in [0.05, 0.1) is 28.7 Å². The van der Waals surface area contributed by atoms with Crippen LogP contribution in [0.2, 0.25) is 5.02 Å². The Bertz CT molecular complexity index is 608. The molecule has 1 aromatic rings. The Labute approximate surface area is 133 Å². The van der Waals surface area contributed by atoms with Gasteiger partial charge in [0.15, 0.2) is 0 Å². The number of amides is 1. The SMILES string of the molecule is CSCC[C@H](N)C(=O)Nc1cc(NS(C)(=O)=O)ccc1Cl. The molecular formula is C12H18ClN3O3S2. The van der Waals surface area contributed by atoms with Gasteiger partial charge in [-0.3, -0.25) is 9.52 Å². The van der Waals surface area contributed by atoms with E-state index in [1.807, 2.05) is 6.26 Å². The van der Waals surface area contributed by atoms with Crippen molar-refractivity contribution in [2.24, 2.45) is 5.73 Å². The van der Waals surface area contributed by atoms with Gasteiger partial charge in [0, 0.05) is 0 Å². The Morgan fingerprint density at radius 2 is 2.14 bits per heavy atom. The molecule has 1 atom stereocenters. The fraction of sp³-hybridized carbons (Fsp3) is 0.417. The summed E-state index contributed by atoms with van der Waals surface area (Å²) in [7, 11) is -3.40. The van der Waals surface area contributed by atoms with E-state index >= 15 is 0 Å². The quantitative estimate of drug-likeness (QED) is 0.694. The van der Waals surface area contributed by atoms with Gasteiger partial charge in [0.1, 0.15) is 0 Å². The van der Waals surface area contributed by atoms with Crippen LogP contribution in [0.15, 0.2) is 18.2 Å². The molecule has 4 N–H and O–H groups in total. The third-order valence-corrected chi connectivity index (χ3v) is 4.08. The molecule has 0 fully saturated rings. The number of carbonyl (C=O) groups excluding carboxylic acids is 1. The van der Waals surface area contributed by atoms with E-state index < -0.39 is 16.1 Å². The molecule has 0 unspecified atom stereocenters. The smallest absolute Gasteiger partial charge is 0.241 e. The average molecular weight is 352 g/mol. The van der Waals surface area contributed by atoms with Crippen molar-refractivity contribution >= 4 is 50.7 Å². The Hall–Kier alpha value is -0.960. The highest BCUT2D eigenvalue weighted by atomic mass is 35.5. The minimum atomic E-state index is -3.40. The van der Waals surface area contributed by atoms with Crippen molar-refractivity contribution in [3.05, 3.63) is 23.2 Å². The zero-order valence-electron chi connectivity index (χ0n) is 11.7. The maximum absolute atomic E-state index is 11.9. The molecule has 21 heavy (non-hydrogen) atoms. The van der Waals surface area contributed by atoms with Crippen molar-refractivity contribution < 1.29 is 13.2 Å². The van der Waals surface area contributed by atoms with Gasteiger partial charge in [-0.25, -0.2) is 8.42 Å². The number of nitrogens with two attached hydrogens (primary N) is 1. The number of halogens is 1. The predicted octanol–water partition coefficient (Wildman–Crippen LogP) is 1.73. The van der Waals surface area contributed by atoms with Gasteiger partial charge in [0.2, 0.25) is 15.9 Å². The molecule has 0 saturated carbocycles. The highest BCUT2D eigenvalue weighted by Gasteiger charge is 2.15. The molecule has 0 aliphatic carbocycles. The summed E-state index contributed by atoms with van der Waals surface area (Å²) in [4.78, 5) is 11.9. The predicted molar refractivity (Wildman–Crippen MR) is 89.5 cm³/mol. The number of rotatable bonds is 7. The summed E-state index contributed by atoms with van der Waals surface area (Å²) in [6, 6.07) is 3.81. The largest absolute Gasteiger partial charge is 0.323 e. The lowest BCUT2D eigenvalue weighted by atomic mass is 10.2. The second-order valence-electron chi connectivity index (χ2n) is 4.45. The lowest BCUT2D eigenvalue weighted by Crippen LogP contribution is -2.36. The number of hydrogen-bond donors (Lipinski definition) is 3. The van der Waals surface area contributed by atoms with Gasteiger partial charge in [-0.05, 0) is 36.6 Å². The maximum atomic E-state index is 11.9. The van der Waals surface area contributed by atoms with Crippen molar-refractivity contribution in [3.63, 3.8) is 0 Å². The second-order valence-corrected chi connectivity index (χ2v) is 7.59. The number of nitrogens with one attached hydrogen (secondary N) is 2. The Morgan fingerprint density at radius 1 is 1.48 bits per heavy atom. The van der Waals surface area contributed by atoms with Crippen molar-refractivity contribution in [3.8, 4) is 0 Å². The van der Waals surface area contributed by atoms with Crippen LogP contribution in [-0.4, -0.2) is 38.6 Å². The normalized spacial score (nSPS) is 12.8. The van der Waals surface area contributed by atoms with Crippen molar-refractivity contribution in [1.82, 2.24) is 0 Å². The van der Waals surface area contributed by atoms with Crippen LogP contribution in [0.3, 0.4) is 0 Å². The average Bonchev–Trinajstić information content (AvgIpc) is 2.38. The van der Waals surface area contributed by atoms with Gasteiger partial charge in [-0.15, -0.1) is 0 Å². The van der Waals surface area contributed by atoms with Crippen LogP contribution >= 0.6 is 23.4 Å². The summed E-state index contributed by atoms with van der Waals surface area (Å²) in [6.07, 6.45) is 3.52.